The van der Waals surface area contributed by atoms with E-state index in [-0.39, 0.29) is 0 Å². The summed E-state index contributed by atoms with van der Waals surface area (Å²) < 4.78 is 0. The number of rotatable bonds is 1. The molecule has 0 aliphatic carbocycles. The van der Waals surface area contributed by atoms with Gasteiger partial charge in [-0.2, -0.15) is 0 Å². The number of hydrogen-bond donors (Lipinski definition) is 1. The van der Waals surface area contributed by atoms with Crippen molar-refractivity contribution in [2.45, 2.75) is 0 Å². The maximum Gasteiger partial charge on any atom is 0.0250 e. The van der Waals surface area contributed by atoms with Crippen molar-refractivity contribution in [2.24, 2.45) is 0 Å². The van der Waals surface area contributed by atoms with Gasteiger partial charge in [-0.1, -0.05) is 36.4 Å². The quantitative estimate of drug-likeness (QED) is 0.612. The second-order valence-electron chi connectivity index (χ2n) is 2.75. The highest BCUT2D eigenvalue weighted by Gasteiger charge is 1.91. The van der Waals surface area contributed by atoms with Gasteiger partial charge in [0.15, 0.2) is 0 Å². The summed E-state index contributed by atoms with van der Waals surface area (Å²) in [5.74, 6) is 0. The smallest absolute Gasteiger partial charge is 0.0250 e. The first-order valence-corrected chi connectivity index (χ1v) is 3.89. The molecule has 0 amide bonds. The zero-order chi connectivity index (χ0) is 8.39. The zero-order valence-corrected chi connectivity index (χ0v) is 6.62. The van der Waals surface area contributed by atoms with Crippen LogP contribution in [0.1, 0.15) is 5.56 Å². The van der Waals surface area contributed by atoms with E-state index < -0.39 is 0 Å². The van der Waals surface area contributed by atoms with Crippen LogP contribution < -0.4 is 0 Å². The highest BCUT2D eigenvalue weighted by atomic mass is 14.3. The SMILES string of the molecule is N=Cc1ccc2ccccc2c1. The fourth-order valence-electron chi connectivity index (χ4n) is 1.30. The van der Waals surface area contributed by atoms with E-state index in [1.54, 1.807) is 0 Å². The summed E-state index contributed by atoms with van der Waals surface area (Å²) in [6, 6.07) is 14.2. The van der Waals surface area contributed by atoms with Gasteiger partial charge < -0.3 is 5.41 Å². The van der Waals surface area contributed by atoms with Crippen molar-refractivity contribution >= 4 is 17.0 Å². The Kier molecular flexibility index (Phi) is 1.63. The molecule has 0 fully saturated rings. The van der Waals surface area contributed by atoms with E-state index in [0.29, 0.717) is 0 Å². The van der Waals surface area contributed by atoms with E-state index in [1.165, 1.54) is 17.0 Å². The zero-order valence-electron chi connectivity index (χ0n) is 6.62. The Morgan fingerprint density at radius 1 is 0.917 bits per heavy atom. The topological polar surface area (TPSA) is 23.9 Å². The predicted octanol–water partition coefficient (Wildman–Crippen LogP) is 2.84. The summed E-state index contributed by atoms with van der Waals surface area (Å²) in [6.07, 6.45) is 1.37. The van der Waals surface area contributed by atoms with E-state index in [9.17, 15) is 0 Å². The van der Waals surface area contributed by atoms with Crippen LogP contribution in [0.15, 0.2) is 42.5 Å². The minimum Gasteiger partial charge on any atom is -0.308 e. The van der Waals surface area contributed by atoms with Gasteiger partial charge in [-0.15, -0.1) is 0 Å². The Morgan fingerprint density at radius 3 is 2.42 bits per heavy atom. The molecular formula is C11H9N. The normalized spacial score (nSPS) is 10.0. The molecule has 12 heavy (non-hydrogen) atoms. The molecule has 1 heteroatoms. The Bertz CT molecular complexity index is 418. The van der Waals surface area contributed by atoms with Crippen LogP contribution in [0.5, 0.6) is 0 Å². The Balaban J connectivity index is 2.75. The second kappa shape index (κ2) is 2.78. The molecule has 0 aliphatic heterocycles. The maximum atomic E-state index is 7.09. The average molecular weight is 155 g/mol. The van der Waals surface area contributed by atoms with Gasteiger partial charge in [0.25, 0.3) is 0 Å². The largest absolute Gasteiger partial charge is 0.308 e. The fourth-order valence-corrected chi connectivity index (χ4v) is 1.30. The molecule has 0 saturated heterocycles. The molecule has 1 nitrogen and oxygen atoms in total. The van der Waals surface area contributed by atoms with Crippen LogP contribution in [0, 0.1) is 5.41 Å². The predicted molar refractivity (Wildman–Crippen MR) is 51.8 cm³/mol. The maximum absolute atomic E-state index is 7.09. The van der Waals surface area contributed by atoms with Crippen molar-refractivity contribution in [3.63, 3.8) is 0 Å². The van der Waals surface area contributed by atoms with Crippen LogP contribution in [0.2, 0.25) is 0 Å². The number of nitrogens with one attached hydrogen (secondary N) is 1. The Hall–Kier alpha value is -1.63. The van der Waals surface area contributed by atoms with Gasteiger partial charge >= 0.3 is 0 Å². The lowest BCUT2D eigenvalue weighted by molar-refractivity contribution is 1.55. The third-order valence-corrected chi connectivity index (χ3v) is 1.94. The molecule has 0 heterocycles. The third kappa shape index (κ3) is 1.10. The lowest BCUT2D eigenvalue weighted by Crippen LogP contribution is -1.78. The van der Waals surface area contributed by atoms with Gasteiger partial charge in [-0.25, -0.2) is 0 Å². The molecule has 2 rings (SSSR count). The molecule has 0 saturated carbocycles. The Morgan fingerprint density at radius 2 is 1.67 bits per heavy atom. The molecular weight excluding hydrogens is 146 g/mol. The summed E-state index contributed by atoms with van der Waals surface area (Å²) in [6.45, 7) is 0. The van der Waals surface area contributed by atoms with E-state index in [0.717, 1.165) is 5.56 Å². The standard InChI is InChI=1S/C11H9N/c12-8-9-5-6-10-3-1-2-4-11(10)7-9/h1-8,12H. The summed E-state index contributed by atoms with van der Waals surface area (Å²) in [4.78, 5) is 0. The average Bonchev–Trinajstić information content (AvgIpc) is 2.17. The van der Waals surface area contributed by atoms with Crippen LogP contribution >= 0.6 is 0 Å². The summed E-state index contributed by atoms with van der Waals surface area (Å²) in [7, 11) is 0. The van der Waals surface area contributed by atoms with Crippen molar-refractivity contribution in [2.75, 3.05) is 0 Å². The Labute approximate surface area is 71.2 Å². The van der Waals surface area contributed by atoms with E-state index in [1.807, 2.05) is 30.3 Å². The first kappa shape index (κ1) is 7.04. The lowest BCUT2D eigenvalue weighted by atomic mass is 10.1. The van der Waals surface area contributed by atoms with Crippen LogP contribution in [0.4, 0.5) is 0 Å². The van der Waals surface area contributed by atoms with Crippen molar-refractivity contribution in [3.8, 4) is 0 Å². The van der Waals surface area contributed by atoms with Crippen molar-refractivity contribution in [1.82, 2.24) is 0 Å². The van der Waals surface area contributed by atoms with E-state index in [2.05, 4.69) is 12.1 Å². The molecule has 0 spiro atoms. The van der Waals surface area contributed by atoms with Gasteiger partial charge in [0.05, 0.1) is 0 Å². The van der Waals surface area contributed by atoms with Gasteiger partial charge in [0.1, 0.15) is 0 Å². The second-order valence-corrected chi connectivity index (χ2v) is 2.75. The van der Waals surface area contributed by atoms with Gasteiger partial charge in [0.2, 0.25) is 0 Å². The highest BCUT2D eigenvalue weighted by molar-refractivity contribution is 5.89. The van der Waals surface area contributed by atoms with Crippen molar-refractivity contribution in [1.29, 1.82) is 5.41 Å². The molecule has 0 unspecified atom stereocenters. The molecule has 2 aromatic rings. The van der Waals surface area contributed by atoms with Gasteiger partial charge in [-0.05, 0) is 22.4 Å². The minimum absolute atomic E-state index is 0.953. The van der Waals surface area contributed by atoms with Crippen LogP contribution in [-0.4, -0.2) is 6.21 Å². The lowest BCUT2D eigenvalue weighted by Gasteiger charge is -1.97. The number of fused-ring (bicyclic) bond motifs is 1. The summed E-state index contributed by atoms with van der Waals surface area (Å²) in [5, 5.41) is 9.51. The number of benzene rings is 2. The molecule has 0 aromatic heterocycles. The summed E-state index contributed by atoms with van der Waals surface area (Å²) in [5.41, 5.74) is 0.953. The minimum atomic E-state index is 0.953. The van der Waals surface area contributed by atoms with Gasteiger partial charge in [-0.3, -0.25) is 0 Å². The first-order valence-electron chi connectivity index (χ1n) is 3.89. The highest BCUT2D eigenvalue weighted by Crippen LogP contribution is 2.14. The van der Waals surface area contributed by atoms with Crippen molar-refractivity contribution < 1.29 is 0 Å². The molecule has 0 atom stereocenters. The fraction of sp³-hybridized carbons (Fsp3) is 0. The van der Waals surface area contributed by atoms with Crippen LogP contribution in [0.25, 0.3) is 10.8 Å². The molecule has 0 radical (unpaired) electrons. The molecule has 1 N–H and O–H groups in total. The van der Waals surface area contributed by atoms with Gasteiger partial charge in [0, 0.05) is 6.21 Å². The summed E-state index contributed by atoms with van der Waals surface area (Å²) >= 11 is 0. The van der Waals surface area contributed by atoms with Crippen molar-refractivity contribution in [3.05, 3.63) is 48.0 Å². The number of hydrogen-bond acceptors (Lipinski definition) is 1. The first-order chi connectivity index (χ1) is 5.90. The monoisotopic (exact) mass is 155 g/mol. The van der Waals surface area contributed by atoms with E-state index >= 15 is 0 Å². The van der Waals surface area contributed by atoms with Crippen LogP contribution in [-0.2, 0) is 0 Å². The molecule has 58 valence electrons. The molecule has 0 bridgehead atoms. The van der Waals surface area contributed by atoms with Crippen LogP contribution in [0.3, 0.4) is 0 Å². The third-order valence-electron chi connectivity index (χ3n) is 1.94. The molecule has 0 aliphatic rings. The molecule has 2 aromatic carbocycles. The van der Waals surface area contributed by atoms with E-state index in [4.69, 9.17) is 5.41 Å².